The van der Waals surface area contributed by atoms with Crippen LogP contribution in [0.5, 0.6) is 0 Å². The largest absolute Gasteiger partial charge is 0.469 e. The SMILES string of the molecule is CCS(=O)(=O)CCCC(NN)c1ccoc1C. The fraction of sp³-hybridized carbons (Fsp3) is 0.636. The van der Waals surface area contributed by atoms with Gasteiger partial charge in [0.1, 0.15) is 15.6 Å². The highest BCUT2D eigenvalue weighted by molar-refractivity contribution is 7.91. The molecule has 0 aliphatic carbocycles. The number of furan rings is 1. The Balaban J connectivity index is 2.52. The Morgan fingerprint density at radius 2 is 2.24 bits per heavy atom. The van der Waals surface area contributed by atoms with Crippen LogP contribution in [0.3, 0.4) is 0 Å². The molecule has 0 spiro atoms. The summed E-state index contributed by atoms with van der Waals surface area (Å²) in [6.07, 6.45) is 2.88. The molecule has 17 heavy (non-hydrogen) atoms. The molecule has 0 saturated carbocycles. The van der Waals surface area contributed by atoms with Crippen LogP contribution in [0.15, 0.2) is 16.7 Å². The summed E-state index contributed by atoms with van der Waals surface area (Å²) in [6.45, 7) is 3.52. The molecule has 0 aliphatic heterocycles. The van der Waals surface area contributed by atoms with Crippen molar-refractivity contribution < 1.29 is 12.8 Å². The molecule has 0 fully saturated rings. The van der Waals surface area contributed by atoms with E-state index < -0.39 is 9.84 Å². The zero-order chi connectivity index (χ0) is 12.9. The highest BCUT2D eigenvalue weighted by Gasteiger charge is 2.15. The van der Waals surface area contributed by atoms with Gasteiger partial charge in [-0.15, -0.1) is 0 Å². The second-order valence-corrected chi connectivity index (χ2v) is 6.50. The molecule has 0 saturated heterocycles. The van der Waals surface area contributed by atoms with Crippen LogP contribution in [-0.2, 0) is 9.84 Å². The molecule has 1 heterocycles. The molecule has 0 aliphatic rings. The van der Waals surface area contributed by atoms with Gasteiger partial charge in [-0.2, -0.15) is 0 Å². The predicted octanol–water partition coefficient (Wildman–Crippen LogP) is 1.31. The molecule has 1 aromatic heterocycles. The van der Waals surface area contributed by atoms with Crippen molar-refractivity contribution in [1.29, 1.82) is 0 Å². The van der Waals surface area contributed by atoms with Crippen LogP contribution in [0.4, 0.5) is 0 Å². The summed E-state index contributed by atoms with van der Waals surface area (Å²) in [4.78, 5) is 0. The van der Waals surface area contributed by atoms with Crippen molar-refractivity contribution in [3.05, 3.63) is 23.7 Å². The van der Waals surface area contributed by atoms with Gasteiger partial charge in [-0.25, -0.2) is 8.42 Å². The zero-order valence-corrected chi connectivity index (χ0v) is 11.1. The molecular formula is C11H20N2O3S. The van der Waals surface area contributed by atoms with Gasteiger partial charge in [-0.1, -0.05) is 6.92 Å². The molecular weight excluding hydrogens is 240 g/mol. The van der Waals surface area contributed by atoms with E-state index in [4.69, 9.17) is 10.3 Å². The fourth-order valence-electron chi connectivity index (χ4n) is 1.74. The monoisotopic (exact) mass is 260 g/mol. The van der Waals surface area contributed by atoms with E-state index in [1.807, 2.05) is 13.0 Å². The third-order valence-corrected chi connectivity index (χ3v) is 4.65. The van der Waals surface area contributed by atoms with Crippen molar-refractivity contribution in [2.75, 3.05) is 11.5 Å². The topological polar surface area (TPSA) is 85.3 Å². The Bertz CT molecular complexity index is 439. The minimum Gasteiger partial charge on any atom is -0.469 e. The Kier molecular flexibility index (Phi) is 5.17. The van der Waals surface area contributed by atoms with Crippen LogP contribution in [0.1, 0.15) is 37.1 Å². The molecule has 0 aromatic carbocycles. The van der Waals surface area contributed by atoms with E-state index in [0.717, 1.165) is 11.3 Å². The van der Waals surface area contributed by atoms with Crippen molar-refractivity contribution in [1.82, 2.24) is 5.43 Å². The second kappa shape index (κ2) is 6.18. The van der Waals surface area contributed by atoms with Gasteiger partial charge in [0.25, 0.3) is 0 Å². The lowest BCUT2D eigenvalue weighted by Gasteiger charge is -2.14. The summed E-state index contributed by atoms with van der Waals surface area (Å²) in [5.41, 5.74) is 3.68. The zero-order valence-electron chi connectivity index (χ0n) is 10.3. The van der Waals surface area contributed by atoms with Crippen molar-refractivity contribution >= 4 is 9.84 Å². The van der Waals surface area contributed by atoms with Gasteiger partial charge < -0.3 is 4.42 Å². The summed E-state index contributed by atoms with van der Waals surface area (Å²) in [5.74, 6) is 6.69. The molecule has 0 bridgehead atoms. The van der Waals surface area contributed by atoms with Crippen LogP contribution in [-0.4, -0.2) is 19.9 Å². The molecule has 1 unspecified atom stereocenters. The van der Waals surface area contributed by atoms with Crippen LogP contribution >= 0.6 is 0 Å². The smallest absolute Gasteiger partial charge is 0.150 e. The van der Waals surface area contributed by atoms with Gasteiger partial charge in [0.05, 0.1) is 12.0 Å². The maximum atomic E-state index is 11.4. The van der Waals surface area contributed by atoms with Crippen molar-refractivity contribution in [2.24, 2.45) is 5.84 Å². The van der Waals surface area contributed by atoms with Gasteiger partial charge in [-0.3, -0.25) is 11.3 Å². The number of nitrogens with two attached hydrogens (primary N) is 1. The Labute approximate surface area is 102 Å². The Morgan fingerprint density at radius 3 is 2.71 bits per heavy atom. The Morgan fingerprint density at radius 1 is 1.53 bits per heavy atom. The summed E-state index contributed by atoms with van der Waals surface area (Å²) in [7, 11) is -2.89. The highest BCUT2D eigenvalue weighted by Crippen LogP contribution is 2.22. The van der Waals surface area contributed by atoms with Gasteiger partial charge in [0, 0.05) is 17.4 Å². The van der Waals surface area contributed by atoms with E-state index in [1.165, 1.54) is 0 Å². The molecule has 3 N–H and O–H groups in total. The van der Waals surface area contributed by atoms with Crippen molar-refractivity contribution in [3.63, 3.8) is 0 Å². The van der Waals surface area contributed by atoms with Crippen LogP contribution in [0, 0.1) is 6.92 Å². The molecule has 5 nitrogen and oxygen atoms in total. The molecule has 1 rings (SSSR count). The quantitative estimate of drug-likeness (QED) is 0.570. The first-order valence-electron chi connectivity index (χ1n) is 5.70. The summed E-state index contributed by atoms with van der Waals surface area (Å²) in [6, 6.07) is 1.80. The van der Waals surface area contributed by atoms with Gasteiger partial charge >= 0.3 is 0 Å². The van der Waals surface area contributed by atoms with Gasteiger partial charge in [0.15, 0.2) is 0 Å². The van der Waals surface area contributed by atoms with Crippen LogP contribution in [0.2, 0.25) is 0 Å². The molecule has 1 atom stereocenters. The summed E-state index contributed by atoms with van der Waals surface area (Å²) >= 11 is 0. The highest BCUT2D eigenvalue weighted by atomic mass is 32.2. The average molecular weight is 260 g/mol. The van der Waals surface area contributed by atoms with Gasteiger partial charge in [0.2, 0.25) is 0 Å². The lowest BCUT2D eigenvalue weighted by atomic mass is 10.0. The third kappa shape index (κ3) is 4.14. The number of nitrogens with one attached hydrogen (secondary N) is 1. The number of rotatable bonds is 7. The number of sulfone groups is 1. The summed E-state index contributed by atoms with van der Waals surface area (Å²) < 4.78 is 27.9. The average Bonchev–Trinajstić information content (AvgIpc) is 2.71. The second-order valence-electron chi connectivity index (χ2n) is 4.03. The lowest BCUT2D eigenvalue weighted by Crippen LogP contribution is -2.28. The fourth-order valence-corrected chi connectivity index (χ4v) is 2.63. The van der Waals surface area contributed by atoms with E-state index in [0.29, 0.717) is 12.8 Å². The van der Waals surface area contributed by atoms with E-state index in [9.17, 15) is 8.42 Å². The number of hydrogen-bond acceptors (Lipinski definition) is 5. The molecule has 1 aromatic rings. The van der Waals surface area contributed by atoms with E-state index >= 15 is 0 Å². The number of aryl methyl sites for hydroxylation is 1. The van der Waals surface area contributed by atoms with Crippen molar-refractivity contribution in [3.8, 4) is 0 Å². The predicted molar refractivity (Wildman–Crippen MR) is 67.1 cm³/mol. The molecule has 98 valence electrons. The van der Waals surface area contributed by atoms with Crippen molar-refractivity contribution in [2.45, 2.75) is 32.7 Å². The minimum atomic E-state index is -2.89. The van der Waals surface area contributed by atoms with E-state index in [2.05, 4.69) is 5.43 Å². The maximum Gasteiger partial charge on any atom is 0.150 e. The molecule has 6 heteroatoms. The first kappa shape index (κ1) is 14.2. The van der Waals surface area contributed by atoms with E-state index in [-0.39, 0.29) is 17.5 Å². The normalized spacial score (nSPS) is 13.8. The summed E-state index contributed by atoms with van der Waals surface area (Å²) in [5, 5.41) is 0. The number of hydrogen-bond donors (Lipinski definition) is 2. The van der Waals surface area contributed by atoms with E-state index in [1.54, 1.807) is 13.2 Å². The number of hydrazine groups is 1. The molecule has 0 amide bonds. The standard InChI is InChI=1S/C11H20N2O3S/c1-3-17(14,15)8-4-5-11(13-12)10-6-7-16-9(10)2/h6-7,11,13H,3-5,8,12H2,1-2H3. The van der Waals surface area contributed by atoms with Crippen LogP contribution < -0.4 is 11.3 Å². The Hall–Kier alpha value is -0.850. The minimum absolute atomic E-state index is 0.0548. The van der Waals surface area contributed by atoms with Crippen LogP contribution in [0.25, 0.3) is 0 Å². The third-order valence-electron chi connectivity index (χ3n) is 2.86. The lowest BCUT2D eigenvalue weighted by molar-refractivity contribution is 0.481. The van der Waals surface area contributed by atoms with Gasteiger partial charge in [-0.05, 0) is 25.8 Å². The first-order valence-corrected chi connectivity index (χ1v) is 7.53. The first-order chi connectivity index (χ1) is 8.00. The maximum absolute atomic E-state index is 11.4. The molecule has 0 radical (unpaired) electrons.